The van der Waals surface area contributed by atoms with E-state index in [1.54, 1.807) is 36.4 Å². The van der Waals surface area contributed by atoms with Gasteiger partial charge in [-0.15, -0.1) is 0 Å². The lowest BCUT2D eigenvalue weighted by Crippen LogP contribution is -2.07. The summed E-state index contributed by atoms with van der Waals surface area (Å²) in [6, 6.07) is 13.6. The van der Waals surface area contributed by atoms with Gasteiger partial charge in [0.1, 0.15) is 10.6 Å². The van der Waals surface area contributed by atoms with Crippen molar-refractivity contribution in [3.05, 3.63) is 54.1 Å². The minimum Gasteiger partial charge on any atom is -0.495 e. The maximum atomic E-state index is 12.4. The van der Waals surface area contributed by atoms with Gasteiger partial charge in [0.05, 0.1) is 12.9 Å². The standard InChI is InChI=1S/C14H15NO3S/c1-18-13-8-7-12(15)9-14(13)19(16,17)10-11-5-3-2-4-6-11/h2-9H,10,15H2,1H3. The lowest BCUT2D eigenvalue weighted by molar-refractivity contribution is 0.403. The molecule has 4 nitrogen and oxygen atoms in total. The van der Waals surface area contributed by atoms with Gasteiger partial charge in [0.2, 0.25) is 0 Å². The Kier molecular flexibility index (Phi) is 3.76. The van der Waals surface area contributed by atoms with Gasteiger partial charge in [0, 0.05) is 5.69 Å². The lowest BCUT2D eigenvalue weighted by atomic mass is 10.2. The molecule has 0 radical (unpaired) electrons. The molecule has 5 heteroatoms. The first-order valence-corrected chi connectivity index (χ1v) is 7.38. The van der Waals surface area contributed by atoms with Crippen molar-refractivity contribution in [1.82, 2.24) is 0 Å². The summed E-state index contributed by atoms with van der Waals surface area (Å²) in [5.74, 6) is 0.235. The monoisotopic (exact) mass is 277 g/mol. The molecule has 2 aromatic carbocycles. The first kappa shape index (κ1) is 13.4. The third-order valence-corrected chi connectivity index (χ3v) is 4.42. The zero-order chi connectivity index (χ0) is 13.9. The average Bonchev–Trinajstić information content (AvgIpc) is 2.39. The van der Waals surface area contributed by atoms with Gasteiger partial charge in [0.15, 0.2) is 9.84 Å². The van der Waals surface area contributed by atoms with Crippen molar-refractivity contribution in [2.24, 2.45) is 0 Å². The van der Waals surface area contributed by atoms with Crippen LogP contribution in [0.5, 0.6) is 5.75 Å². The van der Waals surface area contributed by atoms with E-state index in [-0.39, 0.29) is 10.6 Å². The minimum atomic E-state index is -3.48. The van der Waals surface area contributed by atoms with Gasteiger partial charge < -0.3 is 10.5 Å². The number of hydrogen-bond acceptors (Lipinski definition) is 4. The molecule has 0 fully saturated rings. The highest BCUT2D eigenvalue weighted by Gasteiger charge is 2.20. The molecular formula is C14H15NO3S. The molecule has 0 amide bonds. The summed E-state index contributed by atoms with van der Waals surface area (Å²) in [7, 11) is -2.05. The van der Waals surface area contributed by atoms with Crippen LogP contribution in [-0.4, -0.2) is 15.5 Å². The van der Waals surface area contributed by atoms with Crippen LogP contribution in [0.3, 0.4) is 0 Å². The number of methoxy groups -OCH3 is 1. The summed E-state index contributed by atoms with van der Waals surface area (Å²) in [5, 5.41) is 0. The Hall–Kier alpha value is -2.01. The first-order chi connectivity index (χ1) is 9.03. The topological polar surface area (TPSA) is 69.4 Å². The Morgan fingerprint density at radius 3 is 2.42 bits per heavy atom. The fraction of sp³-hybridized carbons (Fsp3) is 0.143. The molecule has 0 atom stereocenters. The van der Waals surface area contributed by atoms with Crippen LogP contribution in [-0.2, 0) is 15.6 Å². The SMILES string of the molecule is COc1ccc(N)cc1S(=O)(=O)Cc1ccccc1. The molecule has 2 N–H and O–H groups in total. The Labute approximate surface area is 112 Å². The smallest absolute Gasteiger partial charge is 0.186 e. The van der Waals surface area contributed by atoms with E-state index in [0.717, 1.165) is 5.56 Å². The van der Waals surface area contributed by atoms with Crippen LogP contribution >= 0.6 is 0 Å². The van der Waals surface area contributed by atoms with Crippen molar-refractivity contribution in [3.8, 4) is 5.75 Å². The van der Waals surface area contributed by atoms with Crippen molar-refractivity contribution < 1.29 is 13.2 Å². The molecule has 0 saturated carbocycles. The van der Waals surface area contributed by atoms with E-state index in [9.17, 15) is 8.42 Å². The number of sulfone groups is 1. The number of hydrogen-bond donors (Lipinski definition) is 1. The second-order valence-electron chi connectivity index (χ2n) is 4.15. The average molecular weight is 277 g/mol. The van der Waals surface area contributed by atoms with Crippen molar-refractivity contribution in [2.45, 2.75) is 10.6 Å². The maximum Gasteiger partial charge on any atom is 0.186 e. The Balaban J connectivity index is 2.42. The van der Waals surface area contributed by atoms with Crippen molar-refractivity contribution in [2.75, 3.05) is 12.8 Å². The van der Waals surface area contributed by atoms with Crippen LogP contribution in [0.1, 0.15) is 5.56 Å². The van der Waals surface area contributed by atoms with Crippen molar-refractivity contribution in [1.29, 1.82) is 0 Å². The van der Waals surface area contributed by atoms with Crippen LogP contribution in [0.15, 0.2) is 53.4 Å². The molecule has 0 aliphatic heterocycles. The van der Waals surface area contributed by atoms with Crippen molar-refractivity contribution in [3.63, 3.8) is 0 Å². The molecule has 0 unspecified atom stereocenters. The molecule has 0 spiro atoms. The second-order valence-corrected chi connectivity index (χ2v) is 6.11. The quantitative estimate of drug-likeness (QED) is 0.870. The van der Waals surface area contributed by atoms with Crippen LogP contribution in [0, 0.1) is 0 Å². The normalized spacial score (nSPS) is 11.2. The van der Waals surface area contributed by atoms with Crippen LogP contribution in [0.2, 0.25) is 0 Å². The van der Waals surface area contributed by atoms with E-state index in [2.05, 4.69) is 0 Å². The van der Waals surface area contributed by atoms with E-state index in [1.807, 2.05) is 6.07 Å². The van der Waals surface area contributed by atoms with Gasteiger partial charge in [-0.2, -0.15) is 0 Å². The molecule has 100 valence electrons. The molecule has 2 aromatic rings. The van der Waals surface area contributed by atoms with Gasteiger partial charge in [-0.1, -0.05) is 30.3 Å². The third-order valence-electron chi connectivity index (χ3n) is 2.72. The number of nitrogens with two attached hydrogens (primary N) is 1. The number of ether oxygens (including phenoxy) is 1. The van der Waals surface area contributed by atoms with E-state index < -0.39 is 9.84 Å². The Morgan fingerprint density at radius 1 is 1.11 bits per heavy atom. The first-order valence-electron chi connectivity index (χ1n) is 5.73. The highest BCUT2D eigenvalue weighted by molar-refractivity contribution is 7.90. The largest absolute Gasteiger partial charge is 0.495 e. The van der Waals surface area contributed by atoms with Gasteiger partial charge >= 0.3 is 0 Å². The van der Waals surface area contributed by atoms with E-state index in [4.69, 9.17) is 10.5 Å². The Morgan fingerprint density at radius 2 is 1.79 bits per heavy atom. The maximum absolute atomic E-state index is 12.4. The van der Waals surface area contributed by atoms with Crippen LogP contribution in [0.4, 0.5) is 5.69 Å². The molecule has 0 aliphatic carbocycles. The highest BCUT2D eigenvalue weighted by atomic mass is 32.2. The molecule has 0 saturated heterocycles. The van der Waals surface area contributed by atoms with Crippen molar-refractivity contribution >= 4 is 15.5 Å². The molecule has 0 aromatic heterocycles. The van der Waals surface area contributed by atoms with Gasteiger partial charge in [-0.3, -0.25) is 0 Å². The summed E-state index contributed by atoms with van der Waals surface area (Å²) >= 11 is 0. The molecule has 0 aliphatic rings. The zero-order valence-corrected chi connectivity index (χ0v) is 11.4. The predicted molar refractivity (Wildman–Crippen MR) is 74.7 cm³/mol. The summed E-state index contributed by atoms with van der Waals surface area (Å²) in [6.45, 7) is 0. The molecule has 0 bridgehead atoms. The lowest BCUT2D eigenvalue weighted by Gasteiger charge is -2.10. The number of anilines is 1. The van der Waals surface area contributed by atoms with E-state index in [0.29, 0.717) is 11.4 Å². The summed E-state index contributed by atoms with van der Waals surface area (Å²) in [4.78, 5) is 0.124. The summed E-state index contributed by atoms with van der Waals surface area (Å²) < 4.78 is 29.9. The Bertz CT molecular complexity index is 666. The minimum absolute atomic E-state index is 0.0757. The third kappa shape index (κ3) is 3.06. The fourth-order valence-electron chi connectivity index (χ4n) is 1.81. The van der Waals surface area contributed by atoms with Gasteiger partial charge in [0.25, 0.3) is 0 Å². The van der Waals surface area contributed by atoms with Crippen LogP contribution in [0.25, 0.3) is 0 Å². The molecule has 19 heavy (non-hydrogen) atoms. The van der Waals surface area contributed by atoms with E-state index in [1.165, 1.54) is 13.2 Å². The predicted octanol–water partition coefficient (Wildman–Crippen LogP) is 2.25. The fourth-order valence-corrected chi connectivity index (χ4v) is 3.37. The number of nitrogen functional groups attached to an aromatic ring is 1. The molecule has 0 heterocycles. The number of benzene rings is 2. The van der Waals surface area contributed by atoms with E-state index >= 15 is 0 Å². The summed E-state index contributed by atoms with van der Waals surface area (Å²) in [6.07, 6.45) is 0. The van der Waals surface area contributed by atoms with Crippen LogP contribution < -0.4 is 10.5 Å². The highest BCUT2D eigenvalue weighted by Crippen LogP contribution is 2.28. The second kappa shape index (κ2) is 5.32. The zero-order valence-electron chi connectivity index (χ0n) is 10.5. The number of rotatable bonds is 4. The molecule has 2 rings (SSSR count). The molecular weight excluding hydrogens is 262 g/mol. The van der Waals surface area contributed by atoms with Gasteiger partial charge in [-0.25, -0.2) is 8.42 Å². The summed E-state index contributed by atoms with van der Waals surface area (Å²) in [5.41, 5.74) is 6.78. The van der Waals surface area contributed by atoms with Gasteiger partial charge in [-0.05, 0) is 23.8 Å².